The van der Waals surface area contributed by atoms with Crippen LogP contribution in [0.15, 0.2) is 53.5 Å². The zero-order valence-electron chi connectivity index (χ0n) is 17.5. The summed E-state index contributed by atoms with van der Waals surface area (Å²) in [7, 11) is 0. The summed E-state index contributed by atoms with van der Waals surface area (Å²) in [5, 5.41) is 12.1. The summed E-state index contributed by atoms with van der Waals surface area (Å²) >= 11 is 0. The number of nitrogens with zero attached hydrogens (tertiary/aromatic N) is 3. The van der Waals surface area contributed by atoms with Gasteiger partial charge in [-0.25, -0.2) is 9.97 Å². The van der Waals surface area contributed by atoms with E-state index < -0.39 is 6.10 Å². The molecule has 5 heteroatoms. The van der Waals surface area contributed by atoms with Crippen molar-refractivity contribution >= 4 is 11.0 Å². The Morgan fingerprint density at radius 3 is 2.79 bits per heavy atom. The minimum absolute atomic E-state index is 0.118. The Morgan fingerprint density at radius 1 is 1.29 bits per heavy atom. The van der Waals surface area contributed by atoms with Gasteiger partial charge in [-0.1, -0.05) is 36.3 Å². The minimum atomic E-state index is -0.653. The van der Waals surface area contributed by atoms with Gasteiger partial charge in [-0.3, -0.25) is 0 Å². The minimum Gasteiger partial charge on any atom is -0.386 e. The van der Waals surface area contributed by atoms with E-state index in [1.54, 1.807) is 6.33 Å². The van der Waals surface area contributed by atoms with Crippen molar-refractivity contribution in [2.75, 3.05) is 0 Å². The third-order valence-corrected chi connectivity index (χ3v) is 5.32. The van der Waals surface area contributed by atoms with E-state index in [0.29, 0.717) is 0 Å². The predicted molar refractivity (Wildman–Crippen MR) is 113 cm³/mol. The third kappa shape index (κ3) is 4.42. The topological polar surface area (TPSA) is 60.2 Å². The SMILES string of the molecule is CC/C(C)=C/C(=C\C=C(C)C)C(O)C1CCC(n2ccc3c(C)ncnc32)O1. The fraction of sp³-hybridized carbons (Fsp3) is 0.478. The van der Waals surface area contributed by atoms with Crippen molar-refractivity contribution in [1.82, 2.24) is 14.5 Å². The molecule has 3 unspecified atom stereocenters. The number of hydrogen-bond donors (Lipinski definition) is 1. The molecule has 150 valence electrons. The molecule has 2 aromatic heterocycles. The Morgan fingerprint density at radius 2 is 2.07 bits per heavy atom. The van der Waals surface area contributed by atoms with Gasteiger partial charge in [0.1, 0.15) is 24.3 Å². The van der Waals surface area contributed by atoms with E-state index in [1.807, 2.05) is 31.3 Å². The summed E-state index contributed by atoms with van der Waals surface area (Å²) in [6.07, 6.45) is 11.4. The molecule has 0 aliphatic carbocycles. The van der Waals surface area contributed by atoms with Crippen molar-refractivity contribution < 1.29 is 9.84 Å². The highest BCUT2D eigenvalue weighted by Crippen LogP contribution is 2.34. The molecule has 1 aliphatic rings. The normalized spacial score (nSPS) is 21.9. The first kappa shape index (κ1) is 20.5. The number of hydrogen-bond acceptors (Lipinski definition) is 4. The van der Waals surface area contributed by atoms with Crippen LogP contribution in [-0.2, 0) is 4.74 Å². The fourth-order valence-corrected chi connectivity index (χ4v) is 3.51. The van der Waals surface area contributed by atoms with E-state index in [9.17, 15) is 5.11 Å². The quantitative estimate of drug-likeness (QED) is 0.713. The molecule has 28 heavy (non-hydrogen) atoms. The van der Waals surface area contributed by atoms with E-state index in [1.165, 1.54) is 11.1 Å². The van der Waals surface area contributed by atoms with Crippen LogP contribution in [0, 0.1) is 6.92 Å². The lowest BCUT2D eigenvalue weighted by Crippen LogP contribution is -2.27. The van der Waals surface area contributed by atoms with Crippen molar-refractivity contribution in [3.8, 4) is 0 Å². The average molecular weight is 382 g/mol. The maximum atomic E-state index is 11.0. The second-order valence-electron chi connectivity index (χ2n) is 7.83. The van der Waals surface area contributed by atoms with Gasteiger partial charge in [0, 0.05) is 11.6 Å². The molecular formula is C23H31N3O2. The van der Waals surface area contributed by atoms with Crippen LogP contribution in [0.25, 0.3) is 11.0 Å². The molecule has 5 nitrogen and oxygen atoms in total. The van der Waals surface area contributed by atoms with Crippen LogP contribution < -0.4 is 0 Å². The van der Waals surface area contributed by atoms with Crippen molar-refractivity contribution in [3.05, 3.63) is 59.2 Å². The van der Waals surface area contributed by atoms with E-state index in [-0.39, 0.29) is 12.3 Å². The Labute approximate surface area is 167 Å². The molecule has 0 aromatic carbocycles. The summed E-state index contributed by atoms with van der Waals surface area (Å²) in [4.78, 5) is 8.69. The molecular weight excluding hydrogens is 350 g/mol. The van der Waals surface area contributed by atoms with E-state index >= 15 is 0 Å². The molecule has 3 heterocycles. The Hall–Kier alpha value is -2.24. The lowest BCUT2D eigenvalue weighted by atomic mass is 9.98. The summed E-state index contributed by atoms with van der Waals surface area (Å²) in [6, 6.07) is 2.03. The van der Waals surface area contributed by atoms with Gasteiger partial charge in [-0.05, 0) is 58.6 Å². The molecule has 1 aliphatic heterocycles. The van der Waals surface area contributed by atoms with Crippen molar-refractivity contribution in [1.29, 1.82) is 0 Å². The molecule has 1 saturated heterocycles. The van der Waals surface area contributed by atoms with E-state index in [2.05, 4.69) is 48.3 Å². The zero-order valence-corrected chi connectivity index (χ0v) is 17.5. The standard InChI is InChI=1S/C23H31N3O2/c1-6-16(4)13-18(8-7-15(2)3)22(27)20-9-10-21(28-20)26-12-11-19-17(5)24-14-25-23(19)26/h7-8,11-14,20-22,27H,6,9-10H2,1-5H3/b16-13+,18-8+. The highest BCUT2D eigenvalue weighted by Gasteiger charge is 2.33. The second-order valence-corrected chi connectivity index (χ2v) is 7.83. The lowest BCUT2D eigenvalue weighted by Gasteiger charge is -2.21. The number of fused-ring (bicyclic) bond motifs is 1. The molecule has 0 bridgehead atoms. The van der Waals surface area contributed by atoms with Crippen LogP contribution in [0.3, 0.4) is 0 Å². The van der Waals surface area contributed by atoms with Crippen molar-refractivity contribution in [3.63, 3.8) is 0 Å². The Kier molecular flexibility index (Phi) is 6.47. The van der Waals surface area contributed by atoms with Crippen LogP contribution in [0.2, 0.25) is 0 Å². The van der Waals surface area contributed by atoms with Gasteiger partial charge >= 0.3 is 0 Å². The molecule has 0 radical (unpaired) electrons. The van der Waals surface area contributed by atoms with Gasteiger partial charge in [0.25, 0.3) is 0 Å². The van der Waals surface area contributed by atoms with Crippen LogP contribution >= 0.6 is 0 Å². The lowest BCUT2D eigenvalue weighted by molar-refractivity contribution is -0.0448. The van der Waals surface area contributed by atoms with E-state index in [0.717, 1.165) is 41.6 Å². The van der Waals surface area contributed by atoms with Crippen molar-refractivity contribution in [2.45, 2.75) is 72.3 Å². The first-order chi connectivity index (χ1) is 13.4. The zero-order chi connectivity index (χ0) is 20.3. The van der Waals surface area contributed by atoms with Gasteiger partial charge in [-0.15, -0.1) is 0 Å². The van der Waals surface area contributed by atoms with Crippen LogP contribution in [-0.4, -0.2) is 31.8 Å². The van der Waals surface area contributed by atoms with E-state index in [4.69, 9.17) is 4.74 Å². The van der Waals surface area contributed by atoms with Gasteiger partial charge in [0.15, 0.2) is 0 Å². The molecule has 0 spiro atoms. The number of aryl methyl sites for hydroxylation is 1. The number of aliphatic hydroxyl groups is 1. The first-order valence-electron chi connectivity index (χ1n) is 10.0. The first-order valence-corrected chi connectivity index (χ1v) is 10.0. The number of aromatic nitrogens is 3. The molecule has 1 fully saturated rings. The maximum Gasteiger partial charge on any atom is 0.145 e. The summed E-state index contributed by atoms with van der Waals surface area (Å²) in [6.45, 7) is 10.3. The van der Waals surface area contributed by atoms with Gasteiger partial charge < -0.3 is 14.4 Å². The Bertz CT molecular complexity index is 919. The highest BCUT2D eigenvalue weighted by atomic mass is 16.5. The largest absolute Gasteiger partial charge is 0.386 e. The third-order valence-electron chi connectivity index (χ3n) is 5.32. The molecule has 3 rings (SSSR count). The number of allylic oxidation sites excluding steroid dienone is 4. The predicted octanol–water partition coefficient (Wildman–Crippen LogP) is 5.03. The van der Waals surface area contributed by atoms with Gasteiger partial charge in [-0.2, -0.15) is 0 Å². The molecule has 0 saturated carbocycles. The molecule has 0 amide bonds. The molecule has 2 aromatic rings. The van der Waals surface area contributed by atoms with Crippen LogP contribution in [0.4, 0.5) is 0 Å². The maximum absolute atomic E-state index is 11.0. The summed E-state index contributed by atoms with van der Waals surface area (Å²) in [5.74, 6) is 0. The monoisotopic (exact) mass is 381 g/mol. The summed E-state index contributed by atoms with van der Waals surface area (Å²) < 4.78 is 8.34. The number of aliphatic hydroxyl groups excluding tert-OH is 1. The highest BCUT2D eigenvalue weighted by molar-refractivity contribution is 5.78. The molecule has 1 N–H and O–H groups in total. The smallest absolute Gasteiger partial charge is 0.145 e. The van der Waals surface area contributed by atoms with Crippen LogP contribution in [0.5, 0.6) is 0 Å². The summed E-state index contributed by atoms with van der Waals surface area (Å²) in [5.41, 5.74) is 5.19. The van der Waals surface area contributed by atoms with Gasteiger partial charge in [0.05, 0.1) is 11.8 Å². The van der Waals surface area contributed by atoms with Gasteiger partial charge in [0.2, 0.25) is 0 Å². The molecule has 3 atom stereocenters. The fourth-order valence-electron chi connectivity index (χ4n) is 3.51. The average Bonchev–Trinajstić information content (AvgIpc) is 3.31. The number of rotatable bonds is 6. The second kappa shape index (κ2) is 8.84. The van der Waals surface area contributed by atoms with Crippen LogP contribution in [0.1, 0.15) is 58.9 Å². The Balaban J connectivity index is 1.81. The number of ether oxygens (including phenoxy) is 1. The van der Waals surface area contributed by atoms with Crippen molar-refractivity contribution in [2.24, 2.45) is 0 Å².